The minimum absolute atomic E-state index is 0.266. The number of hydrogen-bond acceptors (Lipinski definition) is 6. The van der Waals surface area contributed by atoms with Crippen LogP contribution in [0.3, 0.4) is 0 Å². The maximum Gasteiger partial charge on any atom is 0.238 e. The van der Waals surface area contributed by atoms with Gasteiger partial charge in [0, 0.05) is 30.1 Å². The lowest BCUT2D eigenvalue weighted by atomic mass is 10.1. The smallest absolute Gasteiger partial charge is 0.238 e. The molecule has 0 amide bonds. The number of fused-ring (bicyclic) bond motifs is 1. The van der Waals surface area contributed by atoms with Crippen molar-refractivity contribution < 1.29 is 9.84 Å². The second-order valence-electron chi connectivity index (χ2n) is 5.65. The molecule has 1 aliphatic heterocycles. The van der Waals surface area contributed by atoms with Gasteiger partial charge in [-0.3, -0.25) is 0 Å². The lowest BCUT2D eigenvalue weighted by Gasteiger charge is -2.13. The number of ether oxygens (including phenoxy) is 1. The van der Waals surface area contributed by atoms with E-state index in [1.54, 1.807) is 19.2 Å². The Bertz CT molecular complexity index is 676. The average molecular weight is 331 g/mol. The molecule has 0 saturated carbocycles. The topological polar surface area (TPSA) is 57.6 Å². The molecule has 2 heterocycles. The van der Waals surface area contributed by atoms with Crippen LogP contribution in [0.25, 0.3) is 0 Å². The van der Waals surface area contributed by atoms with Gasteiger partial charge in [-0.25, -0.2) is 4.98 Å². The monoisotopic (exact) mass is 331 g/mol. The van der Waals surface area contributed by atoms with E-state index in [1.807, 2.05) is 12.1 Å². The number of nitrogens with zero attached hydrogens (tertiary/aromatic N) is 2. The summed E-state index contributed by atoms with van der Waals surface area (Å²) in [7, 11) is 3.79. The Labute approximate surface area is 140 Å². The zero-order valence-corrected chi connectivity index (χ0v) is 14.2. The fourth-order valence-corrected chi connectivity index (χ4v) is 3.23. The van der Waals surface area contributed by atoms with Crippen LogP contribution < -0.4 is 9.46 Å². The van der Waals surface area contributed by atoms with E-state index in [0.717, 1.165) is 42.2 Å². The van der Waals surface area contributed by atoms with Gasteiger partial charge < -0.3 is 19.5 Å². The molecule has 0 fully saturated rings. The molecule has 0 radical (unpaired) electrons. The summed E-state index contributed by atoms with van der Waals surface area (Å²) in [6.07, 6.45) is 1.95. The first-order chi connectivity index (χ1) is 11.2. The molecule has 2 N–H and O–H groups in total. The van der Waals surface area contributed by atoms with E-state index in [2.05, 4.69) is 27.7 Å². The highest BCUT2D eigenvalue weighted by molar-refractivity contribution is 8.00. The Balaban J connectivity index is 1.79. The molecule has 6 heteroatoms. The predicted molar refractivity (Wildman–Crippen MR) is 93.3 cm³/mol. The SMILES string of the molecule is COc1nc2c(cc1NSc1ccc(O)cc1)CCN(C)CC2. The molecule has 0 saturated heterocycles. The predicted octanol–water partition coefficient (Wildman–Crippen LogP) is 2.95. The Kier molecular flexibility index (Phi) is 4.93. The average Bonchev–Trinajstić information content (AvgIpc) is 2.75. The van der Waals surface area contributed by atoms with Gasteiger partial charge in [0.1, 0.15) is 11.4 Å². The maximum absolute atomic E-state index is 9.34. The van der Waals surface area contributed by atoms with Crippen molar-refractivity contribution in [3.8, 4) is 11.6 Å². The van der Waals surface area contributed by atoms with Gasteiger partial charge in [-0.15, -0.1) is 0 Å². The van der Waals surface area contributed by atoms with Gasteiger partial charge in [0.15, 0.2) is 0 Å². The summed E-state index contributed by atoms with van der Waals surface area (Å²) in [5.74, 6) is 0.891. The van der Waals surface area contributed by atoms with Gasteiger partial charge in [0.05, 0.1) is 7.11 Å². The van der Waals surface area contributed by atoms with Gasteiger partial charge >= 0.3 is 0 Å². The van der Waals surface area contributed by atoms with Crippen LogP contribution in [0.5, 0.6) is 11.6 Å². The number of aromatic nitrogens is 1. The normalized spacial score (nSPS) is 14.9. The summed E-state index contributed by atoms with van der Waals surface area (Å²) in [4.78, 5) is 8.03. The number of rotatable bonds is 4. The summed E-state index contributed by atoms with van der Waals surface area (Å²) in [6, 6.07) is 9.23. The molecule has 0 bridgehead atoms. The Morgan fingerprint density at radius 2 is 1.96 bits per heavy atom. The fourth-order valence-electron chi connectivity index (χ4n) is 2.58. The number of likely N-dealkylation sites (N-methyl/N-ethyl adjacent to an activating group) is 1. The van der Waals surface area contributed by atoms with Crippen molar-refractivity contribution in [2.45, 2.75) is 17.7 Å². The standard InChI is InChI=1S/C17H21N3O2S/c1-20-9-7-12-11-16(17(22-2)18-15(12)8-10-20)19-23-14-5-3-13(21)4-6-14/h3-6,11,19,21H,7-10H2,1-2H3. The third kappa shape index (κ3) is 3.89. The van der Waals surface area contributed by atoms with Crippen molar-refractivity contribution >= 4 is 17.6 Å². The van der Waals surface area contributed by atoms with Gasteiger partial charge in [0.25, 0.3) is 0 Å². The molecule has 122 valence electrons. The summed E-state index contributed by atoms with van der Waals surface area (Å²) in [6.45, 7) is 2.07. The maximum atomic E-state index is 9.34. The third-order valence-corrected chi connectivity index (χ3v) is 4.79. The van der Waals surface area contributed by atoms with E-state index in [0.29, 0.717) is 5.88 Å². The van der Waals surface area contributed by atoms with Crippen molar-refractivity contribution in [2.24, 2.45) is 0 Å². The van der Waals surface area contributed by atoms with Gasteiger partial charge in [-0.05, 0) is 61.3 Å². The number of phenols is 1. The molecule has 1 aliphatic rings. The summed E-state index contributed by atoms with van der Waals surface area (Å²) < 4.78 is 8.76. The summed E-state index contributed by atoms with van der Waals surface area (Å²) >= 11 is 1.48. The van der Waals surface area contributed by atoms with Crippen LogP contribution in [-0.2, 0) is 12.8 Å². The summed E-state index contributed by atoms with van der Waals surface area (Å²) in [5.41, 5.74) is 3.30. The highest BCUT2D eigenvalue weighted by atomic mass is 32.2. The first kappa shape index (κ1) is 16.0. The van der Waals surface area contributed by atoms with Gasteiger partial charge in [-0.1, -0.05) is 0 Å². The van der Waals surface area contributed by atoms with Crippen LogP contribution in [0.4, 0.5) is 5.69 Å². The van der Waals surface area contributed by atoms with E-state index in [4.69, 9.17) is 4.74 Å². The number of benzene rings is 1. The van der Waals surface area contributed by atoms with E-state index in [-0.39, 0.29) is 5.75 Å². The molecular formula is C17H21N3O2S. The second-order valence-corrected chi connectivity index (χ2v) is 6.53. The quantitative estimate of drug-likeness (QED) is 0.840. The molecule has 0 aliphatic carbocycles. The first-order valence-electron chi connectivity index (χ1n) is 7.63. The van der Waals surface area contributed by atoms with Crippen molar-refractivity contribution in [3.63, 3.8) is 0 Å². The highest BCUT2D eigenvalue weighted by Crippen LogP contribution is 2.31. The van der Waals surface area contributed by atoms with E-state index >= 15 is 0 Å². The van der Waals surface area contributed by atoms with Crippen LogP contribution in [-0.4, -0.2) is 42.2 Å². The van der Waals surface area contributed by atoms with Crippen molar-refractivity contribution in [1.29, 1.82) is 0 Å². The third-order valence-electron chi connectivity index (χ3n) is 3.96. The molecule has 2 aromatic rings. The Morgan fingerprint density at radius 1 is 1.22 bits per heavy atom. The number of pyridine rings is 1. The lowest BCUT2D eigenvalue weighted by molar-refractivity contribution is 0.351. The number of anilines is 1. The molecular weight excluding hydrogens is 310 g/mol. The van der Waals surface area contributed by atoms with Gasteiger partial charge in [0.2, 0.25) is 5.88 Å². The Hall–Kier alpha value is -1.92. The van der Waals surface area contributed by atoms with E-state index in [9.17, 15) is 5.11 Å². The number of phenolic OH excluding ortho intramolecular Hbond substituents is 1. The minimum Gasteiger partial charge on any atom is -0.508 e. The molecule has 1 aromatic heterocycles. The van der Waals surface area contributed by atoms with Crippen LogP contribution in [0.2, 0.25) is 0 Å². The fraction of sp³-hybridized carbons (Fsp3) is 0.353. The molecule has 23 heavy (non-hydrogen) atoms. The molecule has 5 nitrogen and oxygen atoms in total. The Morgan fingerprint density at radius 3 is 2.70 bits per heavy atom. The first-order valence-corrected chi connectivity index (χ1v) is 8.44. The number of aromatic hydroxyl groups is 1. The highest BCUT2D eigenvalue weighted by Gasteiger charge is 2.16. The van der Waals surface area contributed by atoms with Gasteiger partial charge in [-0.2, -0.15) is 0 Å². The van der Waals surface area contributed by atoms with Crippen LogP contribution in [0, 0.1) is 0 Å². The van der Waals surface area contributed by atoms with Crippen molar-refractivity contribution in [3.05, 3.63) is 41.6 Å². The molecule has 0 atom stereocenters. The number of methoxy groups -OCH3 is 1. The zero-order valence-electron chi connectivity index (χ0n) is 13.4. The van der Waals surface area contributed by atoms with E-state index < -0.39 is 0 Å². The largest absolute Gasteiger partial charge is 0.508 e. The zero-order chi connectivity index (χ0) is 16.2. The van der Waals surface area contributed by atoms with E-state index in [1.165, 1.54) is 17.5 Å². The van der Waals surface area contributed by atoms with Crippen LogP contribution in [0.15, 0.2) is 35.2 Å². The molecule has 0 spiro atoms. The summed E-state index contributed by atoms with van der Waals surface area (Å²) in [5, 5.41) is 9.34. The lowest BCUT2D eigenvalue weighted by Crippen LogP contribution is -2.20. The van der Waals surface area contributed by atoms with Crippen molar-refractivity contribution in [2.75, 3.05) is 32.0 Å². The number of nitrogens with one attached hydrogen (secondary N) is 1. The van der Waals surface area contributed by atoms with Crippen molar-refractivity contribution in [1.82, 2.24) is 9.88 Å². The number of hydrogen-bond donors (Lipinski definition) is 2. The minimum atomic E-state index is 0.266. The van der Waals surface area contributed by atoms with Crippen LogP contribution >= 0.6 is 11.9 Å². The van der Waals surface area contributed by atoms with Crippen LogP contribution in [0.1, 0.15) is 11.3 Å². The molecule has 0 unspecified atom stereocenters. The molecule has 1 aromatic carbocycles. The second kappa shape index (κ2) is 7.10. The molecule has 3 rings (SSSR count).